The van der Waals surface area contributed by atoms with Gasteiger partial charge < -0.3 is 15.2 Å². The molecule has 0 atom stereocenters. The number of hydrogen-bond donors (Lipinski definition) is 2. The number of carbonyl (C=O) groups excluding carboxylic acids is 1. The summed E-state index contributed by atoms with van der Waals surface area (Å²) >= 11 is 0. The zero-order valence-corrected chi connectivity index (χ0v) is 12.6. The first-order valence-electron chi connectivity index (χ1n) is 7.23. The number of carbonyl (C=O) groups is 1. The van der Waals surface area contributed by atoms with Crippen molar-refractivity contribution < 1.29 is 4.79 Å². The fourth-order valence-electron chi connectivity index (χ4n) is 1.99. The number of nitrogens with zero attached hydrogens (tertiary/aromatic N) is 1. The highest BCUT2D eigenvalue weighted by Gasteiger charge is 2.10. The zero-order valence-electron chi connectivity index (χ0n) is 12.6. The maximum Gasteiger partial charge on any atom is 0.240 e. The Balaban J connectivity index is 2.52. The van der Waals surface area contributed by atoms with Gasteiger partial charge in [-0.05, 0) is 25.0 Å². The molecule has 1 amide bonds. The largest absolute Gasteiger partial charge is 0.352 e. The Morgan fingerprint density at radius 3 is 2.58 bits per heavy atom. The number of aromatic nitrogens is 1. The van der Waals surface area contributed by atoms with Crippen molar-refractivity contribution in [3.8, 4) is 0 Å². The van der Waals surface area contributed by atoms with Crippen LogP contribution in [0.2, 0.25) is 0 Å². The van der Waals surface area contributed by atoms with E-state index in [-0.39, 0.29) is 5.91 Å². The Hall–Kier alpha value is -1.29. The number of amides is 1. The minimum Gasteiger partial charge on any atom is -0.352 e. The van der Waals surface area contributed by atoms with E-state index in [1.165, 1.54) is 0 Å². The van der Waals surface area contributed by atoms with E-state index in [1.54, 1.807) is 0 Å². The summed E-state index contributed by atoms with van der Waals surface area (Å²) in [5.41, 5.74) is 1.15. The SMILES string of the molecule is CCC(CC)NC(=O)Cn1cccc1CNC(C)C. The van der Waals surface area contributed by atoms with Crippen LogP contribution >= 0.6 is 0 Å². The fourth-order valence-corrected chi connectivity index (χ4v) is 1.99. The van der Waals surface area contributed by atoms with Gasteiger partial charge in [0.15, 0.2) is 0 Å². The van der Waals surface area contributed by atoms with Gasteiger partial charge in [-0.1, -0.05) is 27.7 Å². The predicted molar refractivity (Wildman–Crippen MR) is 78.9 cm³/mol. The monoisotopic (exact) mass is 265 g/mol. The van der Waals surface area contributed by atoms with Crippen molar-refractivity contribution in [1.29, 1.82) is 0 Å². The molecule has 0 aromatic carbocycles. The number of hydrogen-bond acceptors (Lipinski definition) is 2. The second kappa shape index (κ2) is 8.00. The summed E-state index contributed by atoms with van der Waals surface area (Å²) in [7, 11) is 0. The van der Waals surface area contributed by atoms with Crippen molar-refractivity contribution in [2.75, 3.05) is 0 Å². The molecule has 2 N–H and O–H groups in total. The Morgan fingerprint density at radius 1 is 1.32 bits per heavy atom. The van der Waals surface area contributed by atoms with E-state index in [4.69, 9.17) is 0 Å². The molecule has 0 aliphatic heterocycles. The summed E-state index contributed by atoms with van der Waals surface area (Å²) in [6.45, 7) is 9.63. The quantitative estimate of drug-likeness (QED) is 0.757. The first kappa shape index (κ1) is 15.8. The van der Waals surface area contributed by atoms with E-state index in [1.807, 2.05) is 16.8 Å². The topological polar surface area (TPSA) is 46.1 Å². The lowest BCUT2D eigenvalue weighted by molar-refractivity contribution is -0.122. The lowest BCUT2D eigenvalue weighted by Crippen LogP contribution is -2.36. The zero-order chi connectivity index (χ0) is 14.3. The van der Waals surface area contributed by atoms with Crippen LogP contribution in [0.25, 0.3) is 0 Å². The molecule has 4 heteroatoms. The van der Waals surface area contributed by atoms with Gasteiger partial charge in [0.2, 0.25) is 5.91 Å². The third-order valence-electron chi connectivity index (χ3n) is 3.28. The predicted octanol–water partition coefficient (Wildman–Crippen LogP) is 2.29. The molecule has 0 radical (unpaired) electrons. The van der Waals surface area contributed by atoms with Crippen LogP contribution in [0.3, 0.4) is 0 Å². The third kappa shape index (κ3) is 5.47. The van der Waals surface area contributed by atoms with Gasteiger partial charge in [0.25, 0.3) is 0 Å². The van der Waals surface area contributed by atoms with Crippen molar-refractivity contribution >= 4 is 5.91 Å². The highest BCUT2D eigenvalue weighted by Crippen LogP contribution is 2.03. The van der Waals surface area contributed by atoms with Crippen LogP contribution in [0, 0.1) is 0 Å². The van der Waals surface area contributed by atoms with Gasteiger partial charge in [0.05, 0.1) is 0 Å². The third-order valence-corrected chi connectivity index (χ3v) is 3.28. The summed E-state index contributed by atoms with van der Waals surface area (Å²) in [5.74, 6) is 0.0932. The van der Waals surface area contributed by atoms with Gasteiger partial charge in [-0.3, -0.25) is 4.79 Å². The molecule has 1 rings (SSSR count). The molecule has 0 spiro atoms. The van der Waals surface area contributed by atoms with Gasteiger partial charge in [-0.15, -0.1) is 0 Å². The molecule has 0 saturated carbocycles. The Labute approximate surface area is 116 Å². The molecule has 1 aromatic rings. The summed E-state index contributed by atoms with van der Waals surface area (Å²) in [6, 6.07) is 4.78. The molecule has 0 bridgehead atoms. The minimum atomic E-state index is 0.0932. The number of rotatable bonds is 8. The molecule has 0 aliphatic rings. The molecule has 0 fully saturated rings. The van der Waals surface area contributed by atoms with Gasteiger partial charge >= 0.3 is 0 Å². The second-order valence-corrected chi connectivity index (χ2v) is 5.24. The molecule has 0 saturated heterocycles. The normalized spacial score (nSPS) is 11.3. The van der Waals surface area contributed by atoms with Crippen molar-refractivity contribution in [1.82, 2.24) is 15.2 Å². The highest BCUT2D eigenvalue weighted by molar-refractivity contribution is 5.76. The van der Waals surface area contributed by atoms with E-state index in [0.29, 0.717) is 18.6 Å². The molecule has 1 aromatic heterocycles. The van der Waals surface area contributed by atoms with Crippen LogP contribution in [0.1, 0.15) is 46.2 Å². The Morgan fingerprint density at radius 2 is 2.00 bits per heavy atom. The van der Waals surface area contributed by atoms with Crippen molar-refractivity contribution in [3.05, 3.63) is 24.0 Å². The van der Waals surface area contributed by atoms with Crippen LogP contribution in [0.15, 0.2) is 18.3 Å². The molecule has 19 heavy (non-hydrogen) atoms. The summed E-state index contributed by atoms with van der Waals surface area (Å²) in [5, 5.41) is 6.44. The van der Waals surface area contributed by atoms with Crippen molar-refractivity contribution in [2.45, 2.75) is 65.7 Å². The standard InChI is InChI=1S/C15H27N3O/c1-5-13(6-2)17-15(19)11-18-9-7-8-14(18)10-16-12(3)4/h7-9,12-13,16H,5-6,10-11H2,1-4H3,(H,17,19). The van der Waals surface area contributed by atoms with E-state index < -0.39 is 0 Å². The van der Waals surface area contributed by atoms with E-state index >= 15 is 0 Å². The first-order valence-corrected chi connectivity index (χ1v) is 7.23. The molecule has 1 heterocycles. The lowest BCUT2D eigenvalue weighted by atomic mass is 10.2. The van der Waals surface area contributed by atoms with Gasteiger partial charge in [-0.2, -0.15) is 0 Å². The Bertz CT molecular complexity index is 380. The maximum atomic E-state index is 12.0. The van der Waals surface area contributed by atoms with E-state index in [2.05, 4.69) is 44.4 Å². The molecule has 0 unspecified atom stereocenters. The van der Waals surface area contributed by atoms with Gasteiger partial charge in [0.1, 0.15) is 6.54 Å². The van der Waals surface area contributed by atoms with Gasteiger partial charge in [0, 0.05) is 30.5 Å². The van der Waals surface area contributed by atoms with Gasteiger partial charge in [-0.25, -0.2) is 0 Å². The molecular weight excluding hydrogens is 238 g/mol. The molecule has 108 valence electrons. The number of nitrogens with one attached hydrogen (secondary N) is 2. The maximum absolute atomic E-state index is 12.0. The lowest BCUT2D eigenvalue weighted by Gasteiger charge is -2.16. The van der Waals surface area contributed by atoms with Crippen LogP contribution in [0.5, 0.6) is 0 Å². The van der Waals surface area contributed by atoms with Crippen molar-refractivity contribution in [2.24, 2.45) is 0 Å². The fraction of sp³-hybridized carbons (Fsp3) is 0.667. The van der Waals surface area contributed by atoms with Crippen LogP contribution in [-0.4, -0.2) is 22.6 Å². The Kier molecular flexibility index (Phi) is 6.64. The average Bonchev–Trinajstić information content (AvgIpc) is 2.80. The minimum absolute atomic E-state index is 0.0932. The van der Waals surface area contributed by atoms with Crippen LogP contribution < -0.4 is 10.6 Å². The smallest absolute Gasteiger partial charge is 0.240 e. The molecular formula is C15H27N3O. The summed E-state index contributed by atoms with van der Waals surface area (Å²) in [6.07, 6.45) is 3.93. The summed E-state index contributed by atoms with van der Waals surface area (Å²) in [4.78, 5) is 12.0. The van der Waals surface area contributed by atoms with Crippen molar-refractivity contribution in [3.63, 3.8) is 0 Å². The molecule has 0 aliphatic carbocycles. The summed E-state index contributed by atoms with van der Waals surface area (Å²) < 4.78 is 2.01. The molecule has 4 nitrogen and oxygen atoms in total. The highest BCUT2D eigenvalue weighted by atomic mass is 16.2. The van der Waals surface area contributed by atoms with E-state index in [9.17, 15) is 4.79 Å². The van der Waals surface area contributed by atoms with E-state index in [0.717, 1.165) is 25.1 Å². The van der Waals surface area contributed by atoms with Crippen LogP contribution in [-0.2, 0) is 17.9 Å². The second-order valence-electron chi connectivity index (χ2n) is 5.24. The van der Waals surface area contributed by atoms with Crippen LogP contribution in [0.4, 0.5) is 0 Å². The first-order chi connectivity index (χ1) is 9.06. The average molecular weight is 265 g/mol.